The number of hydrogen-bond donors (Lipinski definition) is 1. The van der Waals surface area contributed by atoms with Crippen LogP contribution in [0.2, 0.25) is 0 Å². The predicted molar refractivity (Wildman–Crippen MR) is 142 cm³/mol. The van der Waals surface area contributed by atoms with Crippen LogP contribution in [0.25, 0.3) is 10.9 Å². The summed E-state index contributed by atoms with van der Waals surface area (Å²) in [5.74, 6) is 1.56. The van der Waals surface area contributed by atoms with Crippen molar-refractivity contribution in [2.45, 2.75) is 44.9 Å². The summed E-state index contributed by atoms with van der Waals surface area (Å²) in [6, 6.07) is 17.6. The van der Waals surface area contributed by atoms with Gasteiger partial charge in [-0.2, -0.15) is 0 Å². The van der Waals surface area contributed by atoms with Gasteiger partial charge in [0.15, 0.2) is 17.0 Å². The van der Waals surface area contributed by atoms with E-state index in [2.05, 4.69) is 11.1 Å². The maximum Gasteiger partial charge on any atom is 0.255 e. The molecule has 1 saturated heterocycles. The molecule has 38 heavy (non-hydrogen) atoms. The van der Waals surface area contributed by atoms with Crippen LogP contribution in [-0.2, 0) is 21.7 Å². The fourth-order valence-corrected chi connectivity index (χ4v) is 5.95. The van der Waals surface area contributed by atoms with Crippen LogP contribution in [0.4, 0.5) is 0 Å². The molecule has 8 nitrogen and oxygen atoms in total. The zero-order valence-corrected chi connectivity index (χ0v) is 22.0. The van der Waals surface area contributed by atoms with Gasteiger partial charge in [-0.3, -0.25) is 9.59 Å². The molecule has 6 rings (SSSR count). The number of nitrogens with zero attached hydrogens (tertiary/aromatic N) is 2. The van der Waals surface area contributed by atoms with E-state index in [0.717, 1.165) is 27.7 Å². The van der Waals surface area contributed by atoms with Gasteiger partial charge in [0.1, 0.15) is 12.3 Å². The molecule has 2 aliphatic rings. The number of para-hydroxylation sites is 1. The van der Waals surface area contributed by atoms with Crippen LogP contribution in [0, 0.1) is 0 Å². The van der Waals surface area contributed by atoms with Crippen LogP contribution in [-0.4, -0.2) is 52.9 Å². The molecule has 4 heterocycles. The fraction of sp³-hybridized carbons (Fsp3) is 0.333. The van der Waals surface area contributed by atoms with E-state index in [9.17, 15) is 9.59 Å². The fourth-order valence-electron chi connectivity index (χ4n) is 5.95. The minimum absolute atomic E-state index is 0.00188. The van der Waals surface area contributed by atoms with E-state index in [-0.39, 0.29) is 36.9 Å². The number of benzene rings is 2. The summed E-state index contributed by atoms with van der Waals surface area (Å²) in [4.78, 5) is 34.6. The molecule has 0 saturated carbocycles. The van der Waals surface area contributed by atoms with Gasteiger partial charge < -0.3 is 28.7 Å². The molecule has 0 unspecified atom stereocenters. The summed E-state index contributed by atoms with van der Waals surface area (Å²) < 4.78 is 17.1. The van der Waals surface area contributed by atoms with Crippen molar-refractivity contribution >= 4 is 22.7 Å². The van der Waals surface area contributed by atoms with Gasteiger partial charge in [0.05, 0.1) is 31.7 Å². The van der Waals surface area contributed by atoms with Gasteiger partial charge >= 0.3 is 0 Å². The standard InChI is InChI=1S/C30H31N3O5/c1-18(2)38-24-12-11-19(14-25(24)36-4)22-16-33-26(34)17-32(15-20-8-7-13-37-20)29(35)30(33,3)28-27(22)21-9-5-6-10-23(21)31-28/h5-14,18,22,31H,15-17H2,1-4H3/t22-,30-/m0/s1. The Morgan fingerprint density at radius 1 is 1.11 bits per heavy atom. The monoisotopic (exact) mass is 513 g/mol. The lowest BCUT2D eigenvalue weighted by atomic mass is 9.76. The van der Waals surface area contributed by atoms with Gasteiger partial charge in [-0.05, 0) is 62.2 Å². The van der Waals surface area contributed by atoms with E-state index in [1.54, 1.807) is 29.2 Å². The number of methoxy groups -OCH3 is 1. The largest absolute Gasteiger partial charge is 0.493 e. The number of H-pyrrole nitrogens is 1. The predicted octanol–water partition coefficient (Wildman–Crippen LogP) is 4.79. The van der Waals surface area contributed by atoms with Crippen LogP contribution in [0.15, 0.2) is 65.3 Å². The summed E-state index contributed by atoms with van der Waals surface area (Å²) >= 11 is 0. The highest BCUT2D eigenvalue weighted by molar-refractivity contribution is 6.01. The van der Waals surface area contributed by atoms with Crippen molar-refractivity contribution in [3.8, 4) is 11.5 Å². The summed E-state index contributed by atoms with van der Waals surface area (Å²) in [5.41, 5.74) is 2.53. The lowest BCUT2D eigenvalue weighted by Gasteiger charge is -2.51. The molecular formula is C30H31N3O5. The Morgan fingerprint density at radius 2 is 1.92 bits per heavy atom. The SMILES string of the molecule is COc1cc([C@@H]2CN3C(=O)CN(Cc4ccco4)C(=O)[C@]3(C)c3[nH]c4ccccc4c32)ccc1OC(C)C. The summed E-state index contributed by atoms with van der Waals surface area (Å²) in [5, 5.41) is 1.04. The maximum atomic E-state index is 14.1. The van der Waals surface area contributed by atoms with Gasteiger partial charge in [0, 0.05) is 23.4 Å². The number of amides is 2. The third-order valence-corrected chi connectivity index (χ3v) is 7.70. The molecule has 1 N–H and O–H groups in total. The minimum Gasteiger partial charge on any atom is -0.493 e. The second-order valence-corrected chi connectivity index (χ2v) is 10.4. The number of nitrogens with one attached hydrogen (secondary N) is 1. The van der Waals surface area contributed by atoms with Crippen LogP contribution >= 0.6 is 0 Å². The molecule has 2 aromatic heterocycles. The van der Waals surface area contributed by atoms with Gasteiger partial charge in [0.2, 0.25) is 5.91 Å². The quantitative estimate of drug-likeness (QED) is 0.401. The summed E-state index contributed by atoms with van der Waals surface area (Å²) in [7, 11) is 1.63. The molecule has 2 aliphatic heterocycles. The topological polar surface area (TPSA) is 88.0 Å². The Morgan fingerprint density at radius 3 is 2.66 bits per heavy atom. The average Bonchev–Trinajstić information content (AvgIpc) is 3.56. The van der Waals surface area contributed by atoms with Crippen molar-refractivity contribution in [1.82, 2.24) is 14.8 Å². The summed E-state index contributed by atoms with van der Waals surface area (Å²) in [6.07, 6.45) is 1.58. The number of carbonyl (C=O) groups is 2. The van der Waals surface area contributed by atoms with Crippen molar-refractivity contribution in [2.24, 2.45) is 0 Å². The van der Waals surface area contributed by atoms with Gasteiger partial charge in [0.25, 0.3) is 5.91 Å². The zero-order chi connectivity index (χ0) is 26.6. The van der Waals surface area contributed by atoms with Gasteiger partial charge in [-0.25, -0.2) is 0 Å². The van der Waals surface area contributed by atoms with Crippen molar-refractivity contribution in [3.63, 3.8) is 0 Å². The number of aromatic amines is 1. The number of piperazine rings is 1. The Kier molecular flexibility index (Phi) is 5.70. The molecule has 0 radical (unpaired) electrons. The molecule has 2 atom stereocenters. The highest BCUT2D eigenvalue weighted by atomic mass is 16.5. The van der Waals surface area contributed by atoms with E-state index in [1.165, 1.54) is 0 Å². The first-order valence-electron chi connectivity index (χ1n) is 12.9. The molecule has 0 bridgehead atoms. The number of fused-ring (bicyclic) bond motifs is 5. The van der Waals surface area contributed by atoms with E-state index in [0.29, 0.717) is 23.8 Å². The molecule has 4 aromatic rings. The molecule has 1 fully saturated rings. The first kappa shape index (κ1) is 24.2. The molecular weight excluding hydrogens is 482 g/mol. The van der Waals surface area contributed by atoms with E-state index >= 15 is 0 Å². The Labute approximate surface area is 221 Å². The van der Waals surface area contributed by atoms with Crippen molar-refractivity contribution in [1.29, 1.82) is 0 Å². The molecule has 196 valence electrons. The Hall–Kier alpha value is -4.20. The van der Waals surface area contributed by atoms with Crippen LogP contribution < -0.4 is 9.47 Å². The number of hydrogen-bond acceptors (Lipinski definition) is 5. The first-order chi connectivity index (χ1) is 18.3. The zero-order valence-electron chi connectivity index (χ0n) is 22.0. The number of carbonyl (C=O) groups excluding carboxylic acids is 2. The van der Waals surface area contributed by atoms with Crippen LogP contribution in [0.5, 0.6) is 11.5 Å². The average molecular weight is 514 g/mol. The number of rotatable bonds is 6. The third kappa shape index (κ3) is 3.66. The van der Waals surface area contributed by atoms with Gasteiger partial charge in [-0.1, -0.05) is 24.3 Å². The van der Waals surface area contributed by atoms with E-state index < -0.39 is 5.54 Å². The van der Waals surface area contributed by atoms with Crippen molar-refractivity contribution in [3.05, 3.63) is 83.4 Å². The van der Waals surface area contributed by atoms with Crippen molar-refractivity contribution in [2.75, 3.05) is 20.2 Å². The number of furan rings is 1. The highest BCUT2D eigenvalue weighted by Gasteiger charge is 2.56. The minimum atomic E-state index is -1.17. The van der Waals surface area contributed by atoms with Crippen molar-refractivity contribution < 1.29 is 23.5 Å². The van der Waals surface area contributed by atoms with Crippen LogP contribution in [0.1, 0.15) is 49.3 Å². The second-order valence-electron chi connectivity index (χ2n) is 10.4. The van der Waals surface area contributed by atoms with Gasteiger partial charge in [-0.15, -0.1) is 0 Å². The lowest BCUT2D eigenvalue weighted by molar-refractivity contribution is -0.167. The second kappa shape index (κ2) is 8.97. The normalized spacial score (nSPS) is 21.1. The third-order valence-electron chi connectivity index (χ3n) is 7.70. The summed E-state index contributed by atoms with van der Waals surface area (Å²) in [6.45, 7) is 6.42. The molecule has 2 amide bonds. The van der Waals surface area contributed by atoms with E-state index in [4.69, 9.17) is 13.9 Å². The molecule has 2 aromatic carbocycles. The molecule has 0 spiro atoms. The Bertz CT molecular complexity index is 1520. The van der Waals surface area contributed by atoms with Crippen LogP contribution in [0.3, 0.4) is 0 Å². The smallest absolute Gasteiger partial charge is 0.255 e. The molecule has 8 heteroatoms. The number of aromatic nitrogens is 1. The van der Waals surface area contributed by atoms with E-state index in [1.807, 2.05) is 63.2 Å². The molecule has 0 aliphatic carbocycles. The number of ether oxygens (including phenoxy) is 2. The highest BCUT2D eigenvalue weighted by Crippen LogP contribution is 2.49. The lowest BCUT2D eigenvalue weighted by Crippen LogP contribution is -2.67. The first-order valence-corrected chi connectivity index (χ1v) is 12.9. The maximum absolute atomic E-state index is 14.1. The Balaban J connectivity index is 1.50.